The van der Waals surface area contributed by atoms with E-state index in [-0.39, 0.29) is 17.5 Å². The molecule has 0 aromatic rings. The summed E-state index contributed by atoms with van der Waals surface area (Å²) >= 11 is 0. The van der Waals surface area contributed by atoms with Gasteiger partial charge >= 0.3 is 5.97 Å². The number of ether oxygens (including phenoxy) is 2. The molecule has 0 heterocycles. The molecule has 1 saturated carbocycles. The third kappa shape index (κ3) is 1.33. The van der Waals surface area contributed by atoms with Crippen LogP contribution in [0.1, 0.15) is 27.2 Å². The summed E-state index contributed by atoms with van der Waals surface area (Å²) in [4.78, 5) is 11.5. The van der Waals surface area contributed by atoms with Crippen molar-refractivity contribution >= 4 is 5.97 Å². The Hall–Kier alpha value is -0.610. The van der Waals surface area contributed by atoms with Crippen molar-refractivity contribution in [2.75, 3.05) is 13.7 Å². The minimum Gasteiger partial charge on any atom is -0.468 e. The normalized spacial score (nSPS) is 34.8. The summed E-state index contributed by atoms with van der Waals surface area (Å²) in [6, 6.07) is 0. The number of nitrogens with two attached hydrogens (primary N) is 1. The van der Waals surface area contributed by atoms with Crippen LogP contribution < -0.4 is 5.73 Å². The maximum absolute atomic E-state index is 11.5. The number of hydrogen-bond donors (Lipinski definition) is 1. The number of hydrogen-bond acceptors (Lipinski definition) is 4. The summed E-state index contributed by atoms with van der Waals surface area (Å²) < 4.78 is 10.2. The smallest absolute Gasteiger partial charge is 0.326 e. The molecule has 14 heavy (non-hydrogen) atoms. The SMILES string of the molecule is CCOC1CC(N)(C(=O)OC)C1(C)C. The zero-order valence-electron chi connectivity index (χ0n) is 9.29. The van der Waals surface area contributed by atoms with Gasteiger partial charge in [0, 0.05) is 18.4 Å². The molecule has 4 nitrogen and oxygen atoms in total. The Kier molecular flexibility index (Phi) is 2.88. The van der Waals surface area contributed by atoms with Gasteiger partial charge in [-0.1, -0.05) is 13.8 Å². The van der Waals surface area contributed by atoms with E-state index in [0.717, 1.165) is 0 Å². The third-order valence-electron chi connectivity index (χ3n) is 3.38. The van der Waals surface area contributed by atoms with Gasteiger partial charge in [0.15, 0.2) is 0 Å². The molecular weight excluding hydrogens is 182 g/mol. The summed E-state index contributed by atoms with van der Waals surface area (Å²) in [6.45, 7) is 6.46. The predicted octanol–water partition coefficient (Wildman–Crippen LogP) is 0.692. The Morgan fingerprint density at radius 3 is 2.50 bits per heavy atom. The molecule has 0 saturated heterocycles. The second-order valence-electron chi connectivity index (χ2n) is 4.33. The highest BCUT2D eigenvalue weighted by atomic mass is 16.5. The van der Waals surface area contributed by atoms with Crippen LogP contribution in [0.5, 0.6) is 0 Å². The van der Waals surface area contributed by atoms with Crippen molar-refractivity contribution in [2.24, 2.45) is 11.1 Å². The van der Waals surface area contributed by atoms with Gasteiger partial charge in [-0.3, -0.25) is 4.79 Å². The van der Waals surface area contributed by atoms with Crippen LogP contribution in [0.3, 0.4) is 0 Å². The summed E-state index contributed by atoms with van der Waals surface area (Å²) in [5, 5.41) is 0. The average Bonchev–Trinajstić information content (AvgIpc) is 2.16. The minimum atomic E-state index is -0.887. The van der Waals surface area contributed by atoms with Gasteiger partial charge in [-0.25, -0.2) is 0 Å². The lowest BCUT2D eigenvalue weighted by Gasteiger charge is -2.56. The molecule has 1 fully saturated rings. The van der Waals surface area contributed by atoms with E-state index in [0.29, 0.717) is 13.0 Å². The Morgan fingerprint density at radius 2 is 2.14 bits per heavy atom. The monoisotopic (exact) mass is 201 g/mol. The van der Waals surface area contributed by atoms with Gasteiger partial charge < -0.3 is 15.2 Å². The van der Waals surface area contributed by atoms with Crippen LogP contribution in [-0.2, 0) is 14.3 Å². The van der Waals surface area contributed by atoms with E-state index in [1.54, 1.807) is 0 Å². The van der Waals surface area contributed by atoms with Crippen molar-refractivity contribution in [3.63, 3.8) is 0 Å². The molecule has 0 spiro atoms. The molecule has 2 N–H and O–H groups in total. The van der Waals surface area contributed by atoms with Crippen LogP contribution in [0.15, 0.2) is 0 Å². The van der Waals surface area contributed by atoms with Crippen LogP contribution in [0, 0.1) is 5.41 Å². The van der Waals surface area contributed by atoms with E-state index in [9.17, 15) is 4.79 Å². The van der Waals surface area contributed by atoms with Crippen LogP contribution in [-0.4, -0.2) is 31.3 Å². The largest absolute Gasteiger partial charge is 0.468 e. The van der Waals surface area contributed by atoms with Gasteiger partial charge in [0.2, 0.25) is 0 Å². The van der Waals surface area contributed by atoms with Crippen molar-refractivity contribution in [3.05, 3.63) is 0 Å². The molecule has 0 amide bonds. The Labute approximate surface area is 84.7 Å². The lowest BCUT2D eigenvalue weighted by Crippen LogP contribution is -2.73. The van der Waals surface area contributed by atoms with Gasteiger partial charge in [0.25, 0.3) is 0 Å². The molecule has 1 rings (SSSR count). The van der Waals surface area contributed by atoms with Crippen molar-refractivity contribution < 1.29 is 14.3 Å². The van der Waals surface area contributed by atoms with Crippen molar-refractivity contribution in [1.29, 1.82) is 0 Å². The van der Waals surface area contributed by atoms with Crippen LogP contribution in [0.2, 0.25) is 0 Å². The van der Waals surface area contributed by atoms with Crippen LogP contribution in [0.4, 0.5) is 0 Å². The summed E-state index contributed by atoms with van der Waals surface area (Å²) in [5.41, 5.74) is 4.76. The average molecular weight is 201 g/mol. The molecule has 0 aromatic carbocycles. The van der Waals surface area contributed by atoms with E-state index in [4.69, 9.17) is 15.2 Å². The lowest BCUT2D eigenvalue weighted by atomic mass is 9.54. The summed E-state index contributed by atoms with van der Waals surface area (Å²) in [7, 11) is 1.36. The number of esters is 1. The van der Waals surface area contributed by atoms with Gasteiger partial charge in [0.05, 0.1) is 13.2 Å². The first kappa shape index (κ1) is 11.5. The Morgan fingerprint density at radius 1 is 1.57 bits per heavy atom. The van der Waals surface area contributed by atoms with Crippen molar-refractivity contribution in [3.8, 4) is 0 Å². The molecule has 4 heteroatoms. The maximum atomic E-state index is 11.5. The van der Waals surface area contributed by atoms with E-state index in [1.807, 2.05) is 20.8 Å². The fourth-order valence-corrected chi connectivity index (χ4v) is 1.96. The molecule has 0 aliphatic heterocycles. The number of carbonyl (C=O) groups excluding carboxylic acids is 1. The molecule has 82 valence electrons. The fraction of sp³-hybridized carbons (Fsp3) is 0.900. The van der Waals surface area contributed by atoms with E-state index >= 15 is 0 Å². The Balaban J connectivity index is 2.74. The second kappa shape index (κ2) is 3.51. The van der Waals surface area contributed by atoms with Gasteiger partial charge in [-0.2, -0.15) is 0 Å². The minimum absolute atomic E-state index is 0.0524. The molecule has 2 atom stereocenters. The van der Waals surface area contributed by atoms with Gasteiger partial charge in [-0.05, 0) is 6.92 Å². The van der Waals surface area contributed by atoms with Crippen molar-refractivity contribution in [1.82, 2.24) is 0 Å². The topological polar surface area (TPSA) is 61.5 Å². The van der Waals surface area contributed by atoms with Crippen LogP contribution >= 0.6 is 0 Å². The number of rotatable bonds is 3. The van der Waals surface area contributed by atoms with Crippen molar-refractivity contribution in [2.45, 2.75) is 38.8 Å². The highest BCUT2D eigenvalue weighted by Gasteiger charge is 2.63. The fourth-order valence-electron chi connectivity index (χ4n) is 1.96. The van der Waals surface area contributed by atoms with E-state index < -0.39 is 5.54 Å². The van der Waals surface area contributed by atoms with Gasteiger partial charge in [0.1, 0.15) is 5.54 Å². The maximum Gasteiger partial charge on any atom is 0.326 e. The van der Waals surface area contributed by atoms with E-state index in [1.165, 1.54) is 7.11 Å². The van der Waals surface area contributed by atoms with Gasteiger partial charge in [-0.15, -0.1) is 0 Å². The summed E-state index contributed by atoms with van der Waals surface area (Å²) in [5.74, 6) is -0.349. The quantitative estimate of drug-likeness (QED) is 0.682. The second-order valence-corrected chi connectivity index (χ2v) is 4.33. The molecule has 1 aliphatic carbocycles. The summed E-state index contributed by atoms with van der Waals surface area (Å²) in [6.07, 6.45) is 0.595. The standard InChI is InChI=1S/C10H19NO3/c1-5-14-7-6-10(11,8(12)13-4)9(7,2)3/h7H,5-6,11H2,1-4H3. The molecular formula is C10H19NO3. The molecule has 0 radical (unpaired) electrons. The molecule has 0 aromatic heterocycles. The highest BCUT2D eigenvalue weighted by Crippen LogP contribution is 2.50. The molecule has 0 bridgehead atoms. The van der Waals surface area contributed by atoms with Crippen LogP contribution in [0.25, 0.3) is 0 Å². The number of methoxy groups -OCH3 is 1. The first-order valence-corrected chi connectivity index (χ1v) is 4.89. The molecule has 1 aliphatic rings. The first-order valence-electron chi connectivity index (χ1n) is 4.89. The third-order valence-corrected chi connectivity index (χ3v) is 3.38. The number of carbonyl (C=O) groups is 1. The zero-order chi connectivity index (χ0) is 11.0. The first-order chi connectivity index (χ1) is 6.40. The Bertz CT molecular complexity index is 240. The zero-order valence-corrected chi connectivity index (χ0v) is 9.29. The predicted molar refractivity (Wildman–Crippen MR) is 52.7 cm³/mol. The van der Waals surface area contributed by atoms with E-state index in [2.05, 4.69) is 0 Å². The lowest BCUT2D eigenvalue weighted by molar-refractivity contribution is -0.187. The highest BCUT2D eigenvalue weighted by molar-refractivity contribution is 5.83. The molecule has 2 unspecified atom stereocenters.